The Labute approximate surface area is 140 Å². The Morgan fingerprint density at radius 3 is 2.78 bits per heavy atom. The maximum absolute atomic E-state index is 12.5. The molecule has 5 heteroatoms. The molecule has 1 aromatic heterocycles. The van der Waals surface area contributed by atoms with Gasteiger partial charge in [0.25, 0.3) is 0 Å². The van der Waals surface area contributed by atoms with Crippen LogP contribution in [0.1, 0.15) is 35.8 Å². The summed E-state index contributed by atoms with van der Waals surface area (Å²) < 4.78 is 5.61. The molecule has 1 heterocycles. The summed E-state index contributed by atoms with van der Waals surface area (Å²) in [6, 6.07) is 7.56. The van der Waals surface area contributed by atoms with Gasteiger partial charge in [-0.05, 0) is 64.3 Å². The topological polar surface area (TPSA) is 51.2 Å². The predicted octanol–water partition coefficient (Wildman–Crippen LogP) is 3.98. The van der Waals surface area contributed by atoms with Gasteiger partial charge in [0.05, 0.1) is 16.8 Å². The van der Waals surface area contributed by atoms with Crippen molar-refractivity contribution >= 4 is 22.9 Å². The first-order chi connectivity index (χ1) is 11.0. The Morgan fingerprint density at radius 2 is 2.09 bits per heavy atom. The molecule has 1 N–H and O–H groups in total. The number of hydrogen-bond donors (Lipinski definition) is 1. The lowest BCUT2D eigenvalue weighted by molar-refractivity contribution is -0.120. The van der Waals surface area contributed by atoms with Gasteiger partial charge >= 0.3 is 0 Å². The Bertz CT molecular complexity index is 692. The number of hydrogen-bond acceptors (Lipinski definition) is 4. The molecule has 122 valence electrons. The molecular formula is C18H22N2O2S. The molecule has 1 unspecified atom stereocenters. The molecule has 4 nitrogen and oxygen atoms in total. The molecule has 0 fully saturated rings. The fourth-order valence-corrected chi connectivity index (χ4v) is 3.92. The summed E-state index contributed by atoms with van der Waals surface area (Å²) >= 11 is 1.72. The lowest BCUT2D eigenvalue weighted by Gasteiger charge is -2.20. The molecule has 1 aliphatic rings. The zero-order chi connectivity index (χ0) is 16.4. The third kappa shape index (κ3) is 3.91. The molecule has 1 aliphatic carbocycles. The van der Waals surface area contributed by atoms with E-state index in [0.29, 0.717) is 0 Å². The van der Waals surface area contributed by atoms with Gasteiger partial charge in [0.1, 0.15) is 5.75 Å². The first-order valence-corrected chi connectivity index (χ1v) is 8.85. The van der Waals surface area contributed by atoms with Crippen molar-refractivity contribution in [2.45, 2.75) is 46.1 Å². The maximum atomic E-state index is 12.5. The van der Waals surface area contributed by atoms with Crippen molar-refractivity contribution in [2.75, 3.05) is 5.32 Å². The number of aromatic nitrogens is 1. The summed E-state index contributed by atoms with van der Waals surface area (Å²) in [4.78, 5) is 18.3. The average molecular weight is 330 g/mol. The quantitative estimate of drug-likeness (QED) is 0.922. The van der Waals surface area contributed by atoms with Crippen LogP contribution in [0.2, 0.25) is 0 Å². The lowest BCUT2D eigenvalue weighted by Crippen LogP contribution is -2.27. The highest BCUT2D eigenvalue weighted by Gasteiger charge is 2.27. The van der Waals surface area contributed by atoms with Crippen LogP contribution >= 0.6 is 11.3 Å². The molecule has 2 aromatic rings. The van der Waals surface area contributed by atoms with Crippen LogP contribution in [-0.4, -0.2) is 17.0 Å². The number of rotatable bonds is 4. The highest BCUT2D eigenvalue weighted by Crippen LogP contribution is 2.30. The number of nitrogens with zero attached hydrogens (tertiary/aromatic N) is 1. The van der Waals surface area contributed by atoms with E-state index in [4.69, 9.17) is 4.74 Å². The highest BCUT2D eigenvalue weighted by atomic mass is 32.1. The van der Waals surface area contributed by atoms with Gasteiger partial charge < -0.3 is 10.1 Å². The Hall–Kier alpha value is -1.88. The molecule has 1 atom stereocenters. The van der Waals surface area contributed by atoms with Crippen LogP contribution in [0.4, 0.5) is 5.69 Å². The SMILES string of the molecule is Cc1nc2c(s1)CC(C(=O)Nc1ccc(OC(C)C)cc1)CC2. The minimum atomic E-state index is 0.0361. The number of carbonyl (C=O) groups is 1. The van der Waals surface area contributed by atoms with Crippen LogP contribution in [0, 0.1) is 12.8 Å². The van der Waals surface area contributed by atoms with Gasteiger partial charge in [-0.3, -0.25) is 4.79 Å². The highest BCUT2D eigenvalue weighted by molar-refractivity contribution is 7.11. The minimum absolute atomic E-state index is 0.0361. The summed E-state index contributed by atoms with van der Waals surface area (Å²) in [6.45, 7) is 6.02. The summed E-state index contributed by atoms with van der Waals surface area (Å²) in [5, 5.41) is 4.11. The van der Waals surface area contributed by atoms with Crippen molar-refractivity contribution in [1.82, 2.24) is 4.98 Å². The summed E-state index contributed by atoms with van der Waals surface area (Å²) in [7, 11) is 0. The number of aryl methyl sites for hydroxylation is 2. The molecule has 3 rings (SSSR count). The molecular weight excluding hydrogens is 308 g/mol. The van der Waals surface area contributed by atoms with Gasteiger partial charge in [0, 0.05) is 16.5 Å². The zero-order valence-electron chi connectivity index (χ0n) is 13.8. The van der Waals surface area contributed by atoms with E-state index in [2.05, 4.69) is 10.3 Å². The van der Waals surface area contributed by atoms with Gasteiger partial charge in [-0.25, -0.2) is 4.98 Å². The first-order valence-electron chi connectivity index (χ1n) is 8.04. The van der Waals surface area contributed by atoms with Crippen molar-refractivity contribution < 1.29 is 9.53 Å². The number of nitrogens with one attached hydrogen (secondary N) is 1. The van der Waals surface area contributed by atoms with E-state index in [1.165, 1.54) is 10.6 Å². The molecule has 0 saturated carbocycles. The number of benzene rings is 1. The number of fused-ring (bicyclic) bond motifs is 1. The predicted molar refractivity (Wildman–Crippen MR) is 93.2 cm³/mol. The standard InChI is InChI=1S/C18H22N2O2S/c1-11(2)22-15-7-5-14(6-8-15)20-18(21)13-4-9-16-17(10-13)23-12(3)19-16/h5-8,11,13H,4,9-10H2,1-3H3,(H,20,21). The van der Waals surface area contributed by atoms with E-state index in [9.17, 15) is 4.79 Å². The maximum Gasteiger partial charge on any atom is 0.227 e. The molecule has 0 saturated heterocycles. The van der Waals surface area contributed by atoms with Crippen molar-refractivity contribution in [3.63, 3.8) is 0 Å². The van der Waals surface area contributed by atoms with Crippen molar-refractivity contribution in [1.29, 1.82) is 0 Å². The zero-order valence-corrected chi connectivity index (χ0v) is 14.6. The largest absolute Gasteiger partial charge is 0.491 e. The smallest absolute Gasteiger partial charge is 0.227 e. The van der Waals surface area contributed by atoms with Crippen LogP contribution < -0.4 is 10.1 Å². The monoisotopic (exact) mass is 330 g/mol. The second-order valence-corrected chi connectivity index (χ2v) is 7.51. The summed E-state index contributed by atoms with van der Waals surface area (Å²) in [6.07, 6.45) is 2.73. The van der Waals surface area contributed by atoms with E-state index < -0.39 is 0 Å². The summed E-state index contributed by atoms with van der Waals surface area (Å²) in [5.74, 6) is 0.952. The number of thiazole rings is 1. The van der Waals surface area contributed by atoms with Crippen LogP contribution in [0.5, 0.6) is 5.75 Å². The van der Waals surface area contributed by atoms with Gasteiger partial charge in [-0.2, -0.15) is 0 Å². The lowest BCUT2D eigenvalue weighted by atomic mass is 9.90. The molecule has 1 amide bonds. The number of ether oxygens (including phenoxy) is 1. The third-order valence-electron chi connectivity index (χ3n) is 3.91. The van der Waals surface area contributed by atoms with Crippen molar-refractivity contribution in [3.8, 4) is 5.75 Å². The molecule has 0 radical (unpaired) electrons. The molecule has 1 aromatic carbocycles. The average Bonchev–Trinajstić information content (AvgIpc) is 2.87. The second kappa shape index (κ2) is 6.71. The fraction of sp³-hybridized carbons (Fsp3) is 0.444. The van der Waals surface area contributed by atoms with Crippen LogP contribution in [0.3, 0.4) is 0 Å². The van der Waals surface area contributed by atoms with Crippen molar-refractivity contribution in [3.05, 3.63) is 39.8 Å². The normalized spacial score (nSPS) is 17.0. The van der Waals surface area contributed by atoms with E-state index in [1.807, 2.05) is 45.0 Å². The van der Waals surface area contributed by atoms with E-state index in [0.717, 1.165) is 35.7 Å². The number of carbonyl (C=O) groups excluding carboxylic acids is 1. The number of anilines is 1. The minimum Gasteiger partial charge on any atom is -0.491 e. The summed E-state index contributed by atoms with van der Waals surface area (Å²) in [5.41, 5.74) is 2.00. The second-order valence-electron chi connectivity index (χ2n) is 6.22. The van der Waals surface area contributed by atoms with Gasteiger partial charge in [-0.15, -0.1) is 11.3 Å². The van der Waals surface area contributed by atoms with Crippen LogP contribution in [0.15, 0.2) is 24.3 Å². The Kier molecular flexibility index (Phi) is 4.66. The molecule has 0 bridgehead atoms. The molecule has 0 spiro atoms. The van der Waals surface area contributed by atoms with Crippen molar-refractivity contribution in [2.24, 2.45) is 5.92 Å². The van der Waals surface area contributed by atoms with Gasteiger partial charge in [-0.1, -0.05) is 0 Å². The Balaban J connectivity index is 1.61. The van der Waals surface area contributed by atoms with E-state index in [-0.39, 0.29) is 17.9 Å². The van der Waals surface area contributed by atoms with Crippen LogP contribution in [0.25, 0.3) is 0 Å². The van der Waals surface area contributed by atoms with Gasteiger partial charge in [0.15, 0.2) is 0 Å². The Morgan fingerprint density at radius 1 is 1.35 bits per heavy atom. The first kappa shape index (κ1) is 16.0. The number of amides is 1. The molecule has 23 heavy (non-hydrogen) atoms. The van der Waals surface area contributed by atoms with E-state index >= 15 is 0 Å². The fourth-order valence-electron chi connectivity index (χ4n) is 2.86. The van der Waals surface area contributed by atoms with Crippen LogP contribution in [-0.2, 0) is 17.6 Å². The third-order valence-corrected chi connectivity index (χ3v) is 4.95. The van der Waals surface area contributed by atoms with E-state index in [1.54, 1.807) is 11.3 Å². The van der Waals surface area contributed by atoms with Gasteiger partial charge in [0.2, 0.25) is 5.91 Å². The molecule has 0 aliphatic heterocycles.